The zero-order valence-electron chi connectivity index (χ0n) is 14.9. The first-order valence-corrected chi connectivity index (χ1v) is 8.56. The van der Waals surface area contributed by atoms with E-state index in [4.69, 9.17) is 16.3 Å². The van der Waals surface area contributed by atoms with Crippen LogP contribution in [0.15, 0.2) is 30.3 Å². The number of alkyl halides is 1. The lowest BCUT2D eigenvalue weighted by atomic mass is 10.2. The van der Waals surface area contributed by atoms with Gasteiger partial charge in [-0.05, 0) is 33.3 Å². The van der Waals surface area contributed by atoms with E-state index >= 15 is 0 Å². The summed E-state index contributed by atoms with van der Waals surface area (Å²) in [6.07, 6.45) is 0. The molecule has 0 bridgehead atoms. The van der Waals surface area contributed by atoms with Gasteiger partial charge in [0.15, 0.2) is 6.04 Å². The van der Waals surface area contributed by atoms with Crippen LogP contribution < -0.4 is 0 Å². The van der Waals surface area contributed by atoms with Crippen molar-refractivity contribution in [1.29, 1.82) is 0 Å². The van der Waals surface area contributed by atoms with Crippen LogP contribution in [0.3, 0.4) is 0 Å². The van der Waals surface area contributed by atoms with E-state index in [0.29, 0.717) is 6.54 Å². The van der Waals surface area contributed by atoms with Crippen LogP contribution in [0.25, 0.3) is 0 Å². The molecule has 1 aliphatic rings. The smallest absolute Gasteiger partial charge is 0.331 e. The molecule has 6 nitrogen and oxygen atoms in total. The highest BCUT2D eigenvalue weighted by molar-refractivity contribution is 6.31. The number of hydrogen-bond donors (Lipinski definition) is 0. The number of nitrogens with zero attached hydrogens (tertiary/aromatic N) is 2. The van der Waals surface area contributed by atoms with Crippen molar-refractivity contribution in [2.45, 2.75) is 51.3 Å². The molecule has 1 unspecified atom stereocenters. The SMILES string of the molecule is CC(Cl)C(=O)N1C(=O)N(Cc2ccccc2)C[C@H]1C(=O)OC(C)(C)C. The summed E-state index contributed by atoms with van der Waals surface area (Å²) in [5.41, 5.74) is 0.195. The zero-order chi connectivity index (χ0) is 18.8. The van der Waals surface area contributed by atoms with E-state index < -0.39 is 34.9 Å². The molecule has 25 heavy (non-hydrogen) atoms. The van der Waals surface area contributed by atoms with Crippen molar-refractivity contribution in [2.24, 2.45) is 0 Å². The van der Waals surface area contributed by atoms with E-state index in [1.807, 2.05) is 30.3 Å². The quantitative estimate of drug-likeness (QED) is 0.607. The Morgan fingerprint density at radius 2 is 1.88 bits per heavy atom. The highest BCUT2D eigenvalue weighted by Gasteiger charge is 2.47. The number of carbonyl (C=O) groups excluding carboxylic acids is 3. The van der Waals surface area contributed by atoms with Crippen LogP contribution in [0, 0.1) is 0 Å². The summed E-state index contributed by atoms with van der Waals surface area (Å²) in [6.45, 7) is 7.07. The molecule has 7 heteroatoms. The van der Waals surface area contributed by atoms with Crippen LogP contribution in [-0.4, -0.2) is 51.3 Å². The number of imide groups is 1. The first kappa shape index (κ1) is 19.2. The van der Waals surface area contributed by atoms with Gasteiger partial charge in [-0.15, -0.1) is 11.6 Å². The molecule has 1 aliphatic heterocycles. The molecule has 3 amide bonds. The summed E-state index contributed by atoms with van der Waals surface area (Å²) in [4.78, 5) is 40.0. The third-order valence-electron chi connectivity index (χ3n) is 3.65. The van der Waals surface area contributed by atoms with E-state index in [2.05, 4.69) is 0 Å². The fraction of sp³-hybridized carbons (Fsp3) is 0.500. The first-order chi connectivity index (χ1) is 11.6. The molecule has 0 aliphatic carbocycles. The minimum absolute atomic E-state index is 0.0813. The van der Waals surface area contributed by atoms with E-state index in [1.165, 1.54) is 11.8 Å². The molecule has 136 valence electrons. The van der Waals surface area contributed by atoms with Gasteiger partial charge in [0.25, 0.3) is 0 Å². The Morgan fingerprint density at radius 1 is 1.28 bits per heavy atom. The normalized spacial score (nSPS) is 19.1. The largest absolute Gasteiger partial charge is 0.458 e. The summed E-state index contributed by atoms with van der Waals surface area (Å²) < 4.78 is 5.37. The number of rotatable bonds is 4. The molecule has 0 N–H and O–H groups in total. The molecule has 1 heterocycles. The van der Waals surface area contributed by atoms with Gasteiger partial charge in [-0.3, -0.25) is 4.79 Å². The highest BCUT2D eigenvalue weighted by Crippen LogP contribution is 2.23. The average molecular weight is 367 g/mol. The first-order valence-electron chi connectivity index (χ1n) is 8.13. The fourth-order valence-electron chi connectivity index (χ4n) is 2.58. The molecule has 0 saturated carbocycles. The molecule has 0 spiro atoms. The summed E-state index contributed by atoms with van der Waals surface area (Å²) in [6, 6.07) is 7.84. The Labute approximate surface area is 152 Å². The fourth-order valence-corrected chi connectivity index (χ4v) is 2.68. The number of hydrogen-bond acceptors (Lipinski definition) is 4. The Hall–Kier alpha value is -2.08. The number of benzene rings is 1. The van der Waals surface area contributed by atoms with Gasteiger partial charge >= 0.3 is 12.0 Å². The van der Waals surface area contributed by atoms with Gasteiger partial charge in [0, 0.05) is 6.54 Å². The van der Waals surface area contributed by atoms with Crippen molar-refractivity contribution in [1.82, 2.24) is 9.80 Å². The molecule has 1 fully saturated rings. The average Bonchev–Trinajstić information content (AvgIpc) is 2.83. The predicted octanol–water partition coefficient (Wildman–Crippen LogP) is 2.79. The van der Waals surface area contributed by atoms with E-state index in [9.17, 15) is 14.4 Å². The summed E-state index contributed by atoms with van der Waals surface area (Å²) in [7, 11) is 0. The van der Waals surface area contributed by atoms with Gasteiger partial charge in [0.1, 0.15) is 11.0 Å². The van der Waals surface area contributed by atoms with Crippen LogP contribution in [0.4, 0.5) is 4.79 Å². The summed E-state index contributed by atoms with van der Waals surface area (Å²) in [5.74, 6) is -1.21. The Kier molecular flexibility index (Phi) is 5.72. The highest BCUT2D eigenvalue weighted by atomic mass is 35.5. The van der Waals surface area contributed by atoms with Gasteiger partial charge in [0.05, 0.1) is 6.54 Å². The van der Waals surface area contributed by atoms with E-state index in [-0.39, 0.29) is 6.54 Å². The number of urea groups is 1. The molecule has 2 rings (SSSR count). The van der Waals surface area contributed by atoms with Crippen LogP contribution in [0.2, 0.25) is 0 Å². The summed E-state index contributed by atoms with van der Waals surface area (Å²) >= 11 is 5.87. The van der Waals surface area contributed by atoms with Gasteiger partial charge in [-0.1, -0.05) is 30.3 Å². The van der Waals surface area contributed by atoms with Crippen molar-refractivity contribution in [3.8, 4) is 0 Å². The molecule has 0 radical (unpaired) electrons. The Balaban J connectivity index is 2.24. The Bertz CT molecular complexity index is 655. The maximum Gasteiger partial charge on any atom is 0.331 e. The number of esters is 1. The molecule has 1 aromatic rings. The van der Waals surface area contributed by atoms with Crippen molar-refractivity contribution in [3.63, 3.8) is 0 Å². The lowest BCUT2D eigenvalue weighted by Gasteiger charge is -2.25. The van der Waals surface area contributed by atoms with E-state index in [1.54, 1.807) is 20.8 Å². The van der Waals surface area contributed by atoms with Crippen molar-refractivity contribution in [2.75, 3.05) is 6.54 Å². The molecular weight excluding hydrogens is 344 g/mol. The van der Waals surface area contributed by atoms with Crippen LogP contribution in [0.5, 0.6) is 0 Å². The van der Waals surface area contributed by atoms with Gasteiger partial charge in [-0.2, -0.15) is 0 Å². The van der Waals surface area contributed by atoms with Crippen LogP contribution >= 0.6 is 11.6 Å². The molecule has 1 saturated heterocycles. The lowest BCUT2D eigenvalue weighted by Crippen LogP contribution is -2.48. The van der Waals surface area contributed by atoms with Gasteiger partial charge in [0.2, 0.25) is 5.91 Å². The Morgan fingerprint density at radius 3 is 2.40 bits per heavy atom. The van der Waals surface area contributed by atoms with E-state index in [0.717, 1.165) is 10.5 Å². The number of amides is 3. The van der Waals surface area contributed by atoms with Crippen molar-refractivity contribution < 1.29 is 19.1 Å². The van der Waals surface area contributed by atoms with Gasteiger partial charge < -0.3 is 9.64 Å². The minimum atomic E-state index is -0.996. The van der Waals surface area contributed by atoms with Crippen LogP contribution in [0.1, 0.15) is 33.3 Å². The standard InChI is InChI=1S/C18H23ClN2O4/c1-12(19)15(22)21-14(16(23)25-18(2,3)4)11-20(17(21)24)10-13-8-6-5-7-9-13/h5-9,12,14H,10-11H2,1-4H3/t12?,14-/m0/s1. The van der Waals surface area contributed by atoms with Gasteiger partial charge in [-0.25, -0.2) is 14.5 Å². The molecule has 0 aromatic heterocycles. The summed E-state index contributed by atoms with van der Waals surface area (Å²) in [5, 5.41) is -0.912. The zero-order valence-corrected chi connectivity index (χ0v) is 15.6. The molecule has 2 atom stereocenters. The monoisotopic (exact) mass is 366 g/mol. The third kappa shape index (κ3) is 4.72. The topological polar surface area (TPSA) is 66.9 Å². The molecule has 1 aromatic carbocycles. The third-order valence-corrected chi connectivity index (χ3v) is 3.84. The van der Waals surface area contributed by atoms with Crippen molar-refractivity contribution in [3.05, 3.63) is 35.9 Å². The second kappa shape index (κ2) is 7.44. The lowest BCUT2D eigenvalue weighted by molar-refractivity contribution is -0.161. The maximum atomic E-state index is 12.7. The number of halogens is 1. The van der Waals surface area contributed by atoms with Crippen molar-refractivity contribution >= 4 is 29.5 Å². The second-order valence-electron chi connectivity index (χ2n) is 7.02. The number of carbonyl (C=O) groups is 3. The number of ether oxygens (including phenoxy) is 1. The predicted molar refractivity (Wildman–Crippen MR) is 94.0 cm³/mol. The maximum absolute atomic E-state index is 12.7. The minimum Gasteiger partial charge on any atom is -0.458 e. The second-order valence-corrected chi connectivity index (χ2v) is 7.68. The van der Waals surface area contributed by atoms with Crippen LogP contribution in [-0.2, 0) is 20.9 Å². The molecular formula is C18H23ClN2O4.